The second-order valence-corrected chi connectivity index (χ2v) is 5.27. The lowest BCUT2D eigenvalue weighted by atomic mass is 9.88. The van der Waals surface area contributed by atoms with E-state index in [9.17, 15) is 5.11 Å². The number of hydrogen-bond donors (Lipinski definition) is 1. The van der Waals surface area contributed by atoms with Gasteiger partial charge in [-0.2, -0.15) is 0 Å². The molecule has 0 spiro atoms. The van der Waals surface area contributed by atoms with Gasteiger partial charge in [0.15, 0.2) is 0 Å². The number of para-hydroxylation sites is 1. The summed E-state index contributed by atoms with van der Waals surface area (Å²) in [5, 5.41) is 11.8. The van der Waals surface area contributed by atoms with Gasteiger partial charge in [-0.15, -0.1) is 0 Å². The molecule has 2 aromatic rings. The van der Waals surface area contributed by atoms with E-state index in [1.807, 2.05) is 38.1 Å². The van der Waals surface area contributed by atoms with Crippen LogP contribution in [0, 0.1) is 6.92 Å². The van der Waals surface area contributed by atoms with E-state index < -0.39 is 5.60 Å². The van der Waals surface area contributed by atoms with Gasteiger partial charge in [-0.3, -0.25) is 0 Å². The summed E-state index contributed by atoms with van der Waals surface area (Å²) in [6.07, 6.45) is 1.25. The summed E-state index contributed by atoms with van der Waals surface area (Å²) in [6, 6.07) is 8.00. The molecule has 0 bridgehead atoms. The highest BCUT2D eigenvalue weighted by Gasteiger charge is 2.38. The quantitative estimate of drug-likeness (QED) is 0.840. The fraction of sp³-hybridized carbons (Fsp3) is 0.467. The van der Waals surface area contributed by atoms with E-state index in [0.29, 0.717) is 25.2 Å². The molecule has 3 nitrogen and oxygen atoms in total. The van der Waals surface area contributed by atoms with E-state index in [2.05, 4.69) is 0 Å². The summed E-state index contributed by atoms with van der Waals surface area (Å²) in [6.45, 7) is 4.58. The molecule has 96 valence electrons. The van der Waals surface area contributed by atoms with E-state index in [4.69, 9.17) is 9.15 Å². The Morgan fingerprint density at radius 3 is 2.94 bits per heavy atom. The Hall–Kier alpha value is -1.32. The summed E-state index contributed by atoms with van der Waals surface area (Å²) in [5.74, 6) is 0.668. The maximum absolute atomic E-state index is 10.7. The minimum atomic E-state index is -0.886. The maximum atomic E-state index is 10.7. The average Bonchev–Trinajstić information content (AvgIpc) is 2.75. The zero-order chi connectivity index (χ0) is 12.8. The lowest BCUT2D eigenvalue weighted by Gasteiger charge is -2.33. The van der Waals surface area contributed by atoms with Crippen LogP contribution in [-0.2, 0) is 10.3 Å². The van der Waals surface area contributed by atoms with Crippen molar-refractivity contribution in [1.82, 2.24) is 0 Å². The van der Waals surface area contributed by atoms with Crippen molar-refractivity contribution in [3.05, 3.63) is 35.6 Å². The average molecular weight is 246 g/mol. The Balaban J connectivity index is 2.06. The smallest absolute Gasteiger partial charge is 0.137 e. The number of hydrogen-bond acceptors (Lipinski definition) is 3. The predicted octanol–water partition coefficient (Wildman–Crippen LogP) is 3.13. The Bertz CT molecular complexity index is 572. The molecule has 0 radical (unpaired) electrons. The number of rotatable bonds is 1. The standard InChI is InChI=1S/C15H18O3/c1-10-4-3-5-12-8-13(18-14(10)12)15(16)6-7-17-11(2)9-15/h3-5,8,11,16H,6-7,9H2,1-2H3. The van der Waals surface area contributed by atoms with Crippen molar-refractivity contribution in [1.29, 1.82) is 0 Å². The van der Waals surface area contributed by atoms with Crippen LogP contribution in [0.4, 0.5) is 0 Å². The molecule has 1 aromatic carbocycles. The lowest BCUT2D eigenvalue weighted by molar-refractivity contribution is -0.110. The number of aryl methyl sites for hydroxylation is 1. The summed E-state index contributed by atoms with van der Waals surface area (Å²) < 4.78 is 11.4. The number of furan rings is 1. The summed E-state index contributed by atoms with van der Waals surface area (Å²) in [4.78, 5) is 0. The minimum Gasteiger partial charge on any atom is -0.458 e. The van der Waals surface area contributed by atoms with Gasteiger partial charge in [-0.25, -0.2) is 0 Å². The van der Waals surface area contributed by atoms with Crippen molar-refractivity contribution >= 4 is 11.0 Å². The first-order valence-electron chi connectivity index (χ1n) is 6.42. The molecule has 1 aliphatic heterocycles. The topological polar surface area (TPSA) is 42.6 Å². The molecule has 2 atom stereocenters. The first kappa shape index (κ1) is 11.8. The van der Waals surface area contributed by atoms with E-state index in [-0.39, 0.29) is 6.10 Å². The molecule has 0 saturated carbocycles. The molecule has 3 heteroatoms. The fourth-order valence-electron chi connectivity index (χ4n) is 2.73. The van der Waals surface area contributed by atoms with Gasteiger partial charge in [0, 0.05) is 18.2 Å². The molecular weight excluding hydrogens is 228 g/mol. The number of ether oxygens (including phenoxy) is 1. The van der Waals surface area contributed by atoms with Gasteiger partial charge in [0.2, 0.25) is 0 Å². The van der Waals surface area contributed by atoms with Gasteiger partial charge in [0.25, 0.3) is 0 Å². The van der Waals surface area contributed by atoms with Crippen LogP contribution in [0.25, 0.3) is 11.0 Å². The zero-order valence-corrected chi connectivity index (χ0v) is 10.8. The van der Waals surface area contributed by atoms with Crippen LogP contribution in [0.2, 0.25) is 0 Å². The van der Waals surface area contributed by atoms with Crippen molar-refractivity contribution in [2.75, 3.05) is 6.61 Å². The van der Waals surface area contributed by atoms with Gasteiger partial charge in [0.1, 0.15) is 16.9 Å². The van der Waals surface area contributed by atoms with Gasteiger partial charge >= 0.3 is 0 Å². The zero-order valence-electron chi connectivity index (χ0n) is 10.8. The Morgan fingerprint density at radius 1 is 1.39 bits per heavy atom. The summed E-state index contributed by atoms with van der Waals surface area (Å²) >= 11 is 0. The highest BCUT2D eigenvalue weighted by Crippen LogP contribution is 2.37. The van der Waals surface area contributed by atoms with E-state index in [1.54, 1.807) is 0 Å². The van der Waals surface area contributed by atoms with E-state index in [1.165, 1.54) is 0 Å². The molecule has 0 aliphatic carbocycles. The Labute approximate surface area is 106 Å². The van der Waals surface area contributed by atoms with Crippen molar-refractivity contribution < 1.29 is 14.3 Å². The fourth-order valence-corrected chi connectivity index (χ4v) is 2.73. The van der Waals surface area contributed by atoms with Gasteiger partial charge < -0.3 is 14.3 Å². The van der Waals surface area contributed by atoms with Crippen LogP contribution in [0.3, 0.4) is 0 Å². The molecule has 1 aliphatic rings. The van der Waals surface area contributed by atoms with Crippen molar-refractivity contribution in [3.8, 4) is 0 Å². The molecule has 1 saturated heterocycles. The van der Waals surface area contributed by atoms with E-state index >= 15 is 0 Å². The SMILES string of the molecule is Cc1cccc2cc(C3(O)CCOC(C)C3)oc12. The monoisotopic (exact) mass is 246 g/mol. The van der Waals surface area contributed by atoms with Crippen molar-refractivity contribution in [2.45, 2.75) is 38.4 Å². The molecule has 0 amide bonds. The Morgan fingerprint density at radius 2 is 2.22 bits per heavy atom. The molecular formula is C15H18O3. The van der Waals surface area contributed by atoms with Crippen LogP contribution in [-0.4, -0.2) is 17.8 Å². The van der Waals surface area contributed by atoms with E-state index in [0.717, 1.165) is 16.5 Å². The van der Waals surface area contributed by atoms with Crippen molar-refractivity contribution in [2.24, 2.45) is 0 Å². The molecule has 2 heterocycles. The van der Waals surface area contributed by atoms with Gasteiger partial charge in [0.05, 0.1) is 12.7 Å². The predicted molar refractivity (Wildman–Crippen MR) is 69.5 cm³/mol. The Kier molecular flexibility index (Phi) is 2.68. The van der Waals surface area contributed by atoms with Crippen LogP contribution in [0.15, 0.2) is 28.7 Å². The lowest BCUT2D eigenvalue weighted by Crippen LogP contribution is -2.37. The maximum Gasteiger partial charge on any atom is 0.137 e. The van der Waals surface area contributed by atoms with Crippen LogP contribution >= 0.6 is 0 Å². The summed E-state index contributed by atoms with van der Waals surface area (Å²) in [5.41, 5.74) is 1.09. The molecule has 3 rings (SSSR count). The van der Waals surface area contributed by atoms with Gasteiger partial charge in [-0.05, 0) is 25.5 Å². The molecule has 18 heavy (non-hydrogen) atoms. The first-order chi connectivity index (χ1) is 8.58. The normalized spacial score (nSPS) is 28.7. The van der Waals surface area contributed by atoms with Crippen LogP contribution < -0.4 is 0 Å². The molecule has 1 aromatic heterocycles. The third-order valence-electron chi connectivity index (χ3n) is 3.74. The first-order valence-corrected chi connectivity index (χ1v) is 6.42. The summed E-state index contributed by atoms with van der Waals surface area (Å²) in [7, 11) is 0. The molecule has 2 unspecified atom stereocenters. The van der Waals surface area contributed by atoms with Crippen LogP contribution in [0.1, 0.15) is 31.1 Å². The number of benzene rings is 1. The van der Waals surface area contributed by atoms with Crippen molar-refractivity contribution in [3.63, 3.8) is 0 Å². The van der Waals surface area contributed by atoms with Crippen LogP contribution in [0.5, 0.6) is 0 Å². The minimum absolute atomic E-state index is 0.0676. The third kappa shape index (κ3) is 1.84. The highest BCUT2D eigenvalue weighted by atomic mass is 16.5. The second kappa shape index (κ2) is 4.11. The number of aliphatic hydroxyl groups is 1. The second-order valence-electron chi connectivity index (χ2n) is 5.27. The molecule has 1 fully saturated rings. The number of fused-ring (bicyclic) bond motifs is 1. The van der Waals surface area contributed by atoms with Gasteiger partial charge in [-0.1, -0.05) is 18.2 Å². The molecule has 1 N–H and O–H groups in total. The third-order valence-corrected chi connectivity index (χ3v) is 3.74. The largest absolute Gasteiger partial charge is 0.458 e. The highest BCUT2D eigenvalue weighted by molar-refractivity contribution is 5.81.